The van der Waals surface area contributed by atoms with Crippen LogP contribution in [-0.2, 0) is 9.47 Å². The molecule has 14 heavy (non-hydrogen) atoms. The van der Waals surface area contributed by atoms with Gasteiger partial charge in [0, 0.05) is 6.42 Å². The Morgan fingerprint density at radius 1 is 1.21 bits per heavy atom. The van der Waals surface area contributed by atoms with Gasteiger partial charge in [0.2, 0.25) is 6.43 Å². The van der Waals surface area contributed by atoms with Gasteiger partial charge in [-0.15, -0.1) is 0 Å². The van der Waals surface area contributed by atoms with E-state index in [2.05, 4.69) is 9.47 Å². The fourth-order valence-electron chi connectivity index (χ4n) is 0.656. The van der Waals surface area contributed by atoms with E-state index in [1.165, 1.54) is 0 Å². The van der Waals surface area contributed by atoms with Gasteiger partial charge in [0.05, 0.1) is 0 Å². The molecule has 0 aromatic heterocycles. The van der Waals surface area contributed by atoms with Gasteiger partial charge < -0.3 is 19.7 Å². The van der Waals surface area contributed by atoms with Crippen LogP contribution in [0.15, 0.2) is 0 Å². The van der Waals surface area contributed by atoms with Crippen LogP contribution >= 0.6 is 0 Å². The van der Waals surface area contributed by atoms with E-state index in [1.807, 2.05) is 0 Å². The molecule has 8 heteroatoms. The van der Waals surface area contributed by atoms with Crippen LogP contribution in [0.3, 0.4) is 0 Å². The first-order valence-corrected chi connectivity index (χ1v) is 3.45. The number of ether oxygens (including phenoxy) is 2. The zero-order chi connectivity index (χ0) is 11.1. The van der Waals surface area contributed by atoms with Crippen molar-refractivity contribution in [3.63, 3.8) is 0 Å². The lowest BCUT2D eigenvalue weighted by Crippen LogP contribution is -2.26. The molecule has 0 radical (unpaired) electrons. The number of carboxylic acid groups (broad SMARTS) is 2. The van der Waals surface area contributed by atoms with Crippen LogP contribution in [0.5, 0.6) is 0 Å². The molecular formula is C6H8F2O6. The maximum absolute atomic E-state index is 11.8. The van der Waals surface area contributed by atoms with Crippen LogP contribution in [-0.4, -0.2) is 41.7 Å². The van der Waals surface area contributed by atoms with E-state index in [0.717, 1.165) is 0 Å². The Morgan fingerprint density at radius 3 is 2.14 bits per heavy atom. The van der Waals surface area contributed by atoms with Crippen molar-refractivity contribution in [3.8, 4) is 0 Å². The lowest BCUT2D eigenvalue weighted by atomic mass is 10.3. The Kier molecular flexibility index (Phi) is 5.27. The van der Waals surface area contributed by atoms with Crippen molar-refractivity contribution in [1.29, 1.82) is 0 Å². The van der Waals surface area contributed by atoms with Crippen LogP contribution < -0.4 is 0 Å². The SMILES string of the molecule is O=C(O)OCC(CC(F)F)OC(=O)O. The molecule has 0 saturated heterocycles. The van der Waals surface area contributed by atoms with E-state index >= 15 is 0 Å². The Balaban J connectivity index is 3.96. The molecule has 0 aliphatic heterocycles. The van der Waals surface area contributed by atoms with Gasteiger partial charge in [-0.05, 0) is 0 Å². The lowest BCUT2D eigenvalue weighted by molar-refractivity contribution is -0.0211. The highest BCUT2D eigenvalue weighted by Gasteiger charge is 2.20. The molecule has 2 N–H and O–H groups in total. The molecule has 0 saturated carbocycles. The third kappa shape index (κ3) is 7.07. The number of hydrogen-bond acceptors (Lipinski definition) is 4. The van der Waals surface area contributed by atoms with Crippen LogP contribution in [0, 0.1) is 0 Å². The summed E-state index contributed by atoms with van der Waals surface area (Å²) in [5.74, 6) is 0. The van der Waals surface area contributed by atoms with Crippen molar-refractivity contribution in [2.75, 3.05) is 6.61 Å². The highest BCUT2D eigenvalue weighted by Crippen LogP contribution is 2.08. The average molecular weight is 214 g/mol. The van der Waals surface area contributed by atoms with Crippen molar-refractivity contribution < 1.29 is 38.1 Å². The number of carbonyl (C=O) groups is 2. The fraction of sp³-hybridized carbons (Fsp3) is 0.667. The van der Waals surface area contributed by atoms with Gasteiger partial charge in [0.1, 0.15) is 12.7 Å². The molecule has 0 spiro atoms. The van der Waals surface area contributed by atoms with E-state index in [9.17, 15) is 18.4 Å². The molecule has 0 rings (SSSR count). The number of rotatable bonds is 5. The largest absolute Gasteiger partial charge is 0.506 e. The van der Waals surface area contributed by atoms with Crippen LogP contribution in [0.1, 0.15) is 6.42 Å². The first-order valence-electron chi connectivity index (χ1n) is 3.45. The monoisotopic (exact) mass is 214 g/mol. The summed E-state index contributed by atoms with van der Waals surface area (Å²) >= 11 is 0. The summed E-state index contributed by atoms with van der Waals surface area (Å²) in [6, 6.07) is 0. The summed E-state index contributed by atoms with van der Waals surface area (Å²) in [6.07, 6.45) is -8.62. The van der Waals surface area contributed by atoms with Crippen LogP contribution in [0.4, 0.5) is 18.4 Å². The highest BCUT2D eigenvalue weighted by atomic mass is 19.3. The molecule has 0 fully saturated rings. The van der Waals surface area contributed by atoms with E-state index in [0.29, 0.717) is 0 Å². The van der Waals surface area contributed by atoms with Crippen molar-refractivity contribution in [3.05, 3.63) is 0 Å². The summed E-state index contributed by atoms with van der Waals surface area (Å²) in [5, 5.41) is 16.1. The first kappa shape index (κ1) is 12.4. The molecule has 0 aliphatic carbocycles. The molecule has 6 nitrogen and oxygen atoms in total. The Hall–Kier alpha value is -1.60. The second-order valence-electron chi connectivity index (χ2n) is 2.21. The maximum atomic E-state index is 11.8. The maximum Gasteiger partial charge on any atom is 0.506 e. The Morgan fingerprint density at radius 2 is 1.79 bits per heavy atom. The quantitative estimate of drug-likeness (QED) is 0.672. The predicted octanol–water partition coefficient (Wildman–Crippen LogP) is 1.40. The Bertz CT molecular complexity index is 206. The molecule has 0 aliphatic rings. The predicted molar refractivity (Wildman–Crippen MR) is 37.5 cm³/mol. The Labute approximate surface area is 77.0 Å². The zero-order valence-electron chi connectivity index (χ0n) is 6.85. The van der Waals surface area contributed by atoms with Crippen molar-refractivity contribution in [2.45, 2.75) is 19.0 Å². The number of hydrogen-bond donors (Lipinski definition) is 2. The minimum atomic E-state index is -2.79. The van der Waals surface area contributed by atoms with Crippen molar-refractivity contribution in [1.82, 2.24) is 0 Å². The third-order valence-corrected chi connectivity index (χ3v) is 1.10. The molecule has 0 aromatic carbocycles. The molecule has 1 unspecified atom stereocenters. The van der Waals surface area contributed by atoms with Crippen molar-refractivity contribution in [2.24, 2.45) is 0 Å². The molecule has 1 atom stereocenters. The molecule has 0 amide bonds. The summed E-state index contributed by atoms with van der Waals surface area (Å²) in [5.41, 5.74) is 0. The summed E-state index contributed by atoms with van der Waals surface area (Å²) in [4.78, 5) is 19.8. The van der Waals surface area contributed by atoms with Gasteiger partial charge >= 0.3 is 12.3 Å². The lowest BCUT2D eigenvalue weighted by Gasteiger charge is -2.13. The standard InChI is InChI=1S/C6H8F2O6/c7-4(8)1-3(14-6(11)12)2-13-5(9)10/h3-4H,1-2H2,(H,9,10)(H,11,12). The second-order valence-corrected chi connectivity index (χ2v) is 2.21. The average Bonchev–Trinajstić information content (AvgIpc) is 1.97. The first-order chi connectivity index (χ1) is 6.41. The summed E-state index contributed by atoms with van der Waals surface area (Å²) < 4.78 is 31.4. The van der Waals surface area contributed by atoms with E-state index < -0.39 is 37.9 Å². The van der Waals surface area contributed by atoms with Gasteiger partial charge in [-0.2, -0.15) is 0 Å². The van der Waals surface area contributed by atoms with Gasteiger partial charge in [0.15, 0.2) is 0 Å². The molecular weight excluding hydrogens is 206 g/mol. The van der Waals surface area contributed by atoms with E-state index in [-0.39, 0.29) is 0 Å². The van der Waals surface area contributed by atoms with Gasteiger partial charge in [0.25, 0.3) is 0 Å². The summed E-state index contributed by atoms with van der Waals surface area (Å²) in [6.45, 7) is -0.744. The highest BCUT2D eigenvalue weighted by molar-refractivity contribution is 5.58. The minimum Gasteiger partial charge on any atom is -0.450 e. The molecule has 0 aromatic rings. The topological polar surface area (TPSA) is 93.1 Å². The van der Waals surface area contributed by atoms with Gasteiger partial charge in [-0.25, -0.2) is 18.4 Å². The van der Waals surface area contributed by atoms with Crippen LogP contribution in [0.25, 0.3) is 0 Å². The normalized spacial score (nSPS) is 12.2. The third-order valence-electron chi connectivity index (χ3n) is 1.10. The molecule has 0 heterocycles. The minimum absolute atomic E-state index is 0.744. The number of alkyl halides is 2. The summed E-state index contributed by atoms with van der Waals surface area (Å²) in [7, 11) is 0. The zero-order valence-corrected chi connectivity index (χ0v) is 6.85. The smallest absolute Gasteiger partial charge is 0.450 e. The molecule has 0 bridgehead atoms. The molecule has 82 valence electrons. The fourth-order valence-corrected chi connectivity index (χ4v) is 0.656. The van der Waals surface area contributed by atoms with Crippen LogP contribution in [0.2, 0.25) is 0 Å². The van der Waals surface area contributed by atoms with E-state index in [1.54, 1.807) is 0 Å². The number of halogens is 2. The second kappa shape index (κ2) is 5.95. The van der Waals surface area contributed by atoms with E-state index in [4.69, 9.17) is 10.2 Å². The van der Waals surface area contributed by atoms with Crippen molar-refractivity contribution >= 4 is 12.3 Å². The van der Waals surface area contributed by atoms with Gasteiger partial charge in [-0.3, -0.25) is 0 Å². The van der Waals surface area contributed by atoms with Gasteiger partial charge in [-0.1, -0.05) is 0 Å².